The highest BCUT2D eigenvalue weighted by Gasteiger charge is 2.16. The first-order valence-corrected chi connectivity index (χ1v) is 9.73. The minimum Gasteiger partial charge on any atom is -0.493 e. The summed E-state index contributed by atoms with van der Waals surface area (Å²) in [5, 5.41) is 12.3. The number of nitrogens with zero attached hydrogens (tertiary/aromatic N) is 1. The predicted molar refractivity (Wildman–Crippen MR) is 115 cm³/mol. The summed E-state index contributed by atoms with van der Waals surface area (Å²) in [5.74, 6) is -0.394. The van der Waals surface area contributed by atoms with Crippen molar-refractivity contribution in [1.82, 2.24) is 5.32 Å². The number of nitriles is 1. The number of methoxy groups -OCH3 is 2. The van der Waals surface area contributed by atoms with Crippen LogP contribution >= 0.6 is 15.9 Å². The lowest BCUT2D eigenvalue weighted by molar-refractivity contribution is -0.143. The molecule has 8 heteroatoms. The molecule has 0 fully saturated rings. The lowest BCUT2D eigenvalue weighted by Gasteiger charge is -2.14. The Morgan fingerprint density at radius 1 is 1.23 bits per heavy atom. The molecule has 7 nitrogen and oxygen atoms in total. The van der Waals surface area contributed by atoms with Crippen molar-refractivity contribution in [2.75, 3.05) is 20.8 Å². The van der Waals surface area contributed by atoms with Gasteiger partial charge in [-0.2, -0.15) is 5.26 Å². The van der Waals surface area contributed by atoms with Crippen LogP contribution in [0.25, 0.3) is 6.08 Å². The molecule has 1 amide bonds. The van der Waals surface area contributed by atoms with Gasteiger partial charge in [-0.05, 0) is 52.2 Å². The van der Waals surface area contributed by atoms with Gasteiger partial charge < -0.3 is 19.5 Å². The molecule has 2 aromatic rings. The Morgan fingerprint density at radius 2 is 1.93 bits per heavy atom. The zero-order valence-electron chi connectivity index (χ0n) is 16.8. The third-order valence-corrected chi connectivity index (χ3v) is 4.73. The van der Waals surface area contributed by atoms with Crippen molar-refractivity contribution in [1.29, 1.82) is 5.26 Å². The molecule has 0 saturated carbocycles. The summed E-state index contributed by atoms with van der Waals surface area (Å²) in [5.41, 5.74) is 1.41. The molecular formula is C22H21BrN2O5. The Balaban J connectivity index is 2.24. The van der Waals surface area contributed by atoms with Gasteiger partial charge >= 0.3 is 5.97 Å². The average molecular weight is 473 g/mol. The lowest BCUT2D eigenvalue weighted by Crippen LogP contribution is -2.27. The van der Waals surface area contributed by atoms with Crippen LogP contribution in [0.3, 0.4) is 0 Å². The molecular weight excluding hydrogens is 452 g/mol. The Bertz CT molecular complexity index is 983. The van der Waals surface area contributed by atoms with Gasteiger partial charge in [0.05, 0.1) is 24.7 Å². The zero-order valence-corrected chi connectivity index (χ0v) is 18.4. The number of halogens is 1. The standard InChI is InChI=1S/C22H21BrN2O5/c1-14(16-7-5-4-6-8-16)25-22(27)17(12-24)9-15-10-18(23)21(19(11-15)28-2)30-13-20(26)29-3/h4-11,14H,13H2,1-3H3,(H,25,27)/b17-9-/t14-/m0/s1. The second-order valence-corrected chi connectivity index (χ2v) is 7.03. The summed E-state index contributed by atoms with van der Waals surface area (Å²) in [6.07, 6.45) is 1.45. The van der Waals surface area contributed by atoms with Crippen molar-refractivity contribution in [3.8, 4) is 17.6 Å². The Morgan fingerprint density at radius 3 is 2.53 bits per heavy atom. The van der Waals surface area contributed by atoms with Crippen molar-refractivity contribution in [3.63, 3.8) is 0 Å². The van der Waals surface area contributed by atoms with Gasteiger partial charge in [0.2, 0.25) is 0 Å². The van der Waals surface area contributed by atoms with Gasteiger partial charge in [-0.1, -0.05) is 30.3 Å². The molecule has 156 valence electrons. The van der Waals surface area contributed by atoms with Gasteiger partial charge in [0.15, 0.2) is 18.1 Å². The maximum Gasteiger partial charge on any atom is 0.343 e. The van der Waals surface area contributed by atoms with E-state index in [1.54, 1.807) is 12.1 Å². The van der Waals surface area contributed by atoms with E-state index in [1.165, 1.54) is 20.3 Å². The van der Waals surface area contributed by atoms with Gasteiger partial charge in [-0.25, -0.2) is 4.79 Å². The SMILES string of the molecule is COC(=O)COc1c(Br)cc(/C=C(/C#N)C(=O)N[C@@H](C)c2ccccc2)cc1OC. The van der Waals surface area contributed by atoms with Crippen LogP contribution in [0.2, 0.25) is 0 Å². The van der Waals surface area contributed by atoms with Crippen molar-refractivity contribution in [2.24, 2.45) is 0 Å². The predicted octanol–water partition coefficient (Wildman–Crippen LogP) is 3.79. The molecule has 0 heterocycles. The molecule has 0 bridgehead atoms. The molecule has 30 heavy (non-hydrogen) atoms. The maximum atomic E-state index is 12.6. The summed E-state index contributed by atoms with van der Waals surface area (Å²) < 4.78 is 15.8. The molecule has 0 spiro atoms. The second kappa shape index (κ2) is 11.0. The topological polar surface area (TPSA) is 97.7 Å². The molecule has 1 atom stereocenters. The highest BCUT2D eigenvalue weighted by molar-refractivity contribution is 9.10. The summed E-state index contributed by atoms with van der Waals surface area (Å²) in [7, 11) is 2.71. The smallest absolute Gasteiger partial charge is 0.343 e. The minimum atomic E-state index is -0.538. The van der Waals surface area contributed by atoms with Crippen LogP contribution in [0.4, 0.5) is 0 Å². The van der Waals surface area contributed by atoms with E-state index in [0.717, 1.165) is 5.56 Å². The van der Waals surface area contributed by atoms with E-state index in [-0.39, 0.29) is 18.2 Å². The summed E-state index contributed by atoms with van der Waals surface area (Å²) in [6, 6.07) is 14.4. The van der Waals surface area contributed by atoms with Crippen molar-refractivity contribution >= 4 is 33.9 Å². The van der Waals surface area contributed by atoms with E-state index in [2.05, 4.69) is 26.0 Å². The van der Waals surface area contributed by atoms with E-state index in [9.17, 15) is 14.9 Å². The van der Waals surface area contributed by atoms with E-state index in [1.807, 2.05) is 43.3 Å². The number of hydrogen-bond donors (Lipinski definition) is 1. The molecule has 0 aliphatic rings. The van der Waals surface area contributed by atoms with Gasteiger partial charge in [0.25, 0.3) is 5.91 Å². The fourth-order valence-electron chi connectivity index (χ4n) is 2.57. The Kier molecular flexibility index (Phi) is 8.44. The van der Waals surface area contributed by atoms with Crippen LogP contribution in [-0.4, -0.2) is 32.7 Å². The molecule has 0 aliphatic carbocycles. The first-order chi connectivity index (χ1) is 14.4. The van der Waals surface area contributed by atoms with Crippen LogP contribution < -0.4 is 14.8 Å². The molecule has 0 aromatic heterocycles. The molecule has 2 aromatic carbocycles. The summed E-state index contributed by atoms with van der Waals surface area (Å²) in [6.45, 7) is 1.55. The second-order valence-electron chi connectivity index (χ2n) is 6.17. The number of benzene rings is 2. The Hall–Kier alpha value is -3.31. The molecule has 1 N–H and O–H groups in total. The van der Waals surface area contributed by atoms with Crippen molar-refractivity contribution in [2.45, 2.75) is 13.0 Å². The fourth-order valence-corrected chi connectivity index (χ4v) is 3.14. The number of esters is 1. The number of rotatable bonds is 8. The molecule has 0 radical (unpaired) electrons. The number of nitrogens with one attached hydrogen (secondary N) is 1. The fraction of sp³-hybridized carbons (Fsp3) is 0.227. The van der Waals surface area contributed by atoms with Crippen LogP contribution in [0.15, 0.2) is 52.5 Å². The highest BCUT2D eigenvalue weighted by Crippen LogP contribution is 2.37. The van der Waals surface area contributed by atoms with E-state index >= 15 is 0 Å². The van der Waals surface area contributed by atoms with Gasteiger partial charge in [-0.3, -0.25) is 4.79 Å². The third-order valence-electron chi connectivity index (χ3n) is 4.14. The van der Waals surface area contributed by atoms with Gasteiger partial charge in [-0.15, -0.1) is 0 Å². The Labute approximate surface area is 183 Å². The molecule has 2 rings (SSSR count). The van der Waals surface area contributed by atoms with Crippen molar-refractivity contribution in [3.05, 3.63) is 63.6 Å². The average Bonchev–Trinajstić information content (AvgIpc) is 2.76. The highest BCUT2D eigenvalue weighted by atomic mass is 79.9. The largest absolute Gasteiger partial charge is 0.493 e. The zero-order chi connectivity index (χ0) is 22.1. The summed E-state index contributed by atoms with van der Waals surface area (Å²) in [4.78, 5) is 23.9. The number of carbonyl (C=O) groups is 2. The number of hydrogen-bond acceptors (Lipinski definition) is 6. The number of ether oxygens (including phenoxy) is 3. The molecule has 0 saturated heterocycles. The lowest BCUT2D eigenvalue weighted by atomic mass is 10.1. The van der Waals surface area contributed by atoms with Crippen LogP contribution in [0, 0.1) is 11.3 Å². The number of carbonyl (C=O) groups excluding carboxylic acids is 2. The van der Waals surface area contributed by atoms with Crippen LogP contribution in [0.1, 0.15) is 24.1 Å². The van der Waals surface area contributed by atoms with E-state index < -0.39 is 11.9 Å². The summed E-state index contributed by atoms with van der Waals surface area (Å²) >= 11 is 3.36. The number of amides is 1. The minimum absolute atomic E-state index is 0.0602. The quantitative estimate of drug-likeness (QED) is 0.356. The first kappa shape index (κ1) is 23.0. The van der Waals surface area contributed by atoms with Crippen LogP contribution in [0.5, 0.6) is 11.5 Å². The van der Waals surface area contributed by atoms with Gasteiger partial charge in [0, 0.05) is 0 Å². The van der Waals surface area contributed by atoms with E-state index in [4.69, 9.17) is 9.47 Å². The normalized spacial score (nSPS) is 11.8. The third kappa shape index (κ3) is 6.09. The first-order valence-electron chi connectivity index (χ1n) is 8.94. The van der Waals surface area contributed by atoms with Crippen molar-refractivity contribution < 1.29 is 23.8 Å². The monoisotopic (exact) mass is 472 g/mol. The van der Waals surface area contributed by atoms with E-state index in [0.29, 0.717) is 21.5 Å². The molecule has 0 unspecified atom stereocenters. The van der Waals surface area contributed by atoms with Gasteiger partial charge in [0.1, 0.15) is 11.6 Å². The maximum absolute atomic E-state index is 12.6. The van der Waals surface area contributed by atoms with Crippen LogP contribution in [-0.2, 0) is 14.3 Å². The molecule has 0 aliphatic heterocycles.